The van der Waals surface area contributed by atoms with Crippen molar-refractivity contribution < 1.29 is 4.79 Å². The number of nitriles is 1. The minimum atomic E-state index is -0.285. The lowest BCUT2D eigenvalue weighted by Gasteiger charge is -2.19. The molecule has 0 fully saturated rings. The van der Waals surface area contributed by atoms with Crippen molar-refractivity contribution in [2.75, 3.05) is 13.6 Å². The van der Waals surface area contributed by atoms with Crippen LogP contribution in [0.15, 0.2) is 35.5 Å². The first kappa shape index (κ1) is 18.0. The van der Waals surface area contributed by atoms with Crippen molar-refractivity contribution in [3.63, 3.8) is 0 Å². The minimum Gasteiger partial charge on any atom is -0.344 e. The fourth-order valence-corrected chi connectivity index (χ4v) is 3.34. The van der Waals surface area contributed by atoms with Gasteiger partial charge in [0.15, 0.2) is 11.0 Å². The van der Waals surface area contributed by atoms with Gasteiger partial charge in [0.1, 0.15) is 0 Å². The van der Waals surface area contributed by atoms with Crippen molar-refractivity contribution in [3.8, 4) is 17.5 Å². The molecule has 0 aliphatic heterocycles. The van der Waals surface area contributed by atoms with Gasteiger partial charge < -0.3 is 9.47 Å². The summed E-state index contributed by atoms with van der Waals surface area (Å²) >= 11 is 1.40. The third-order valence-electron chi connectivity index (χ3n) is 3.63. The van der Waals surface area contributed by atoms with Gasteiger partial charge in [0.05, 0.1) is 17.7 Å². The summed E-state index contributed by atoms with van der Waals surface area (Å²) in [6.45, 7) is 5.05. The largest absolute Gasteiger partial charge is 0.344 e. The second-order valence-electron chi connectivity index (χ2n) is 5.34. The van der Waals surface area contributed by atoms with Gasteiger partial charge in [0.25, 0.3) is 0 Å². The molecule has 1 atom stereocenters. The molecule has 7 heteroatoms. The zero-order valence-corrected chi connectivity index (χ0v) is 15.0. The summed E-state index contributed by atoms with van der Waals surface area (Å²) in [6.07, 6.45) is 0.336. The standard InChI is InChI=1S/C17H21N5OS/c1-4-22-15(14-9-6-5-7-10-14)19-20-17(22)24-13(2)16(23)21(3)12-8-11-18/h5-7,9-10,13H,4,8,12H2,1-3H3/t13-/m0/s1. The molecule has 6 nitrogen and oxygen atoms in total. The third kappa shape index (κ3) is 4.15. The molecule has 1 aromatic carbocycles. The zero-order valence-electron chi connectivity index (χ0n) is 14.1. The Labute approximate surface area is 146 Å². The highest BCUT2D eigenvalue weighted by atomic mass is 32.2. The molecule has 0 N–H and O–H groups in total. The number of rotatable bonds is 7. The number of thioether (sulfide) groups is 1. The molecule has 0 spiro atoms. The van der Waals surface area contributed by atoms with Crippen LogP contribution < -0.4 is 0 Å². The van der Waals surface area contributed by atoms with Gasteiger partial charge in [0, 0.05) is 25.7 Å². The molecule has 1 amide bonds. The molecule has 0 bridgehead atoms. The fraction of sp³-hybridized carbons (Fsp3) is 0.412. The maximum Gasteiger partial charge on any atom is 0.235 e. The average Bonchev–Trinajstić information content (AvgIpc) is 3.02. The molecular weight excluding hydrogens is 322 g/mol. The fourth-order valence-electron chi connectivity index (χ4n) is 2.31. The van der Waals surface area contributed by atoms with Crippen LogP contribution in [0, 0.1) is 11.3 Å². The topological polar surface area (TPSA) is 74.8 Å². The molecule has 0 saturated heterocycles. The van der Waals surface area contributed by atoms with Crippen LogP contribution in [0.1, 0.15) is 20.3 Å². The van der Waals surface area contributed by atoms with E-state index in [1.807, 2.05) is 48.7 Å². The molecule has 0 aliphatic rings. The highest BCUT2D eigenvalue weighted by Crippen LogP contribution is 2.27. The Hall–Kier alpha value is -2.33. The van der Waals surface area contributed by atoms with Crippen molar-refractivity contribution in [3.05, 3.63) is 30.3 Å². The molecule has 1 heterocycles. The molecular formula is C17H21N5OS. The molecule has 126 valence electrons. The summed E-state index contributed by atoms with van der Waals surface area (Å²) in [4.78, 5) is 14.0. The van der Waals surface area contributed by atoms with E-state index in [4.69, 9.17) is 5.26 Å². The van der Waals surface area contributed by atoms with Crippen molar-refractivity contribution in [1.29, 1.82) is 5.26 Å². The minimum absolute atomic E-state index is 0.0119. The van der Waals surface area contributed by atoms with E-state index in [-0.39, 0.29) is 11.2 Å². The molecule has 0 unspecified atom stereocenters. The van der Waals surface area contributed by atoms with E-state index < -0.39 is 0 Å². The van der Waals surface area contributed by atoms with Crippen molar-refractivity contribution in [2.24, 2.45) is 0 Å². The zero-order chi connectivity index (χ0) is 17.5. The van der Waals surface area contributed by atoms with Gasteiger partial charge in [-0.05, 0) is 13.8 Å². The highest BCUT2D eigenvalue weighted by molar-refractivity contribution is 8.00. The third-order valence-corrected chi connectivity index (χ3v) is 4.70. The molecule has 1 aromatic heterocycles. The quantitative estimate of drug-likeness (QED) is 0.723. The van der Waals surface area contributed by atoms with Crippen molar-refractivity contribution in [1.82, 2.24) is 19.7 Å². The van der Waals surface area contributed by atoms with Crippen LogP contribution in [-0.2, 0) is 11.3 Å². The first-order valence-electron chi connectivity index (χ1n) is 7.85. The molecule has 2 aromatic rings. The lowest BCUT2D eigenvalue weighted by atomic mass is 10.2. The second kappa shape index (κ2) is 8.50. The number of amides is 1. The predicted octanol–water partition coefficient (Wildman–Crippen LogP) is 2.82. The molecule has 0 aliphatic carbocycles. The van der Waals surface area contributed by atoms with Crippen LogP contribution in [0.25, 0.3) is 11.4 Å². The van der Waals surface area contributed by atoms with Crippen LogP contribution in [0.5, 0.6) is 0 Å². The summed E-state index contributed by atoms with van der Waals surface area (Å²) in [6, 6.07) is 11.9. The van der Waals surface area contributed by atoms with Crippen molar-refractivity contribution in [2.45, 2.75) is 37.2 Å². The van der Waals surface area contributed by atoms with Crippen LogP contribution in [0.3, 0.4) is 0 Å². The maximum absolute atomic E-state index is 12.4. The molecule has 0 saturated carbocycles. The van der Waals surface area contributed by atoms with Gasteiger partial charge in [0.2, 0.25) is 5.91 Å². The first-order valence-corrected chi connectivity index (χ1v) is 8.73. The Morgan fingerprint density at radius 1 is 1.38 bits per heavy atom. The number of hydrogen-bond donors (Lipinski definition) is 0. The van der Waals surface area contributed by atoms with E-state index in [0.717, 1.165) is 23.1 Å². The Morgan fingerprint density at radius 3 is 2.71 bits per heavy atom. The highest BCUT2D eigenvalue weighted by Gasteiger charge is 2.22. The summed E-state index contributed by atoms with van der Waals surface area (Å²) in [5, 5.41) is 17.6. The van der Waals surface area contributed by atoms with E-state index in [2.05, 4.69) is 16.3 Å². The van der Waals surface area contributed by atoms with Gasteiger partial charge in [-0.1, -0.05) is 42.1 Å². The van der Waals surface area contributed by atoms with Gasteiger partial charge >= 0.3 is 0 Å². The Kier molecular flexibility index (Phi) is 6.38. The summed E-state index contributed by atoms with van der Waals surface area (Å²) < 4.78 is 2.01. The molecule has 24 heavy (non-hydrogen) atoms. The number of benzene rings is 1. The van der Waals surface area contributed by atoms with Crippen LogP contribution >= 0.6 is 11.8 Å². The number of carbonyl (C=O) groups excluding carboxylic acids is 1. The molecule has 0 radical (unpaired) electrons. The van der Waals surface area contributed by atoms with Crippen LogP contribution in [0.4, 0.5) is 0 Å². The van der Waals surface area contributed by atoms with Gasteiger partial charge in [-0.2, -0.15) is 5.26 Å². The van der Waals surface area contributed by atoms with Crippen LogP contribution in [-0.4, -0.2) is 44.4 Å². The van der Waals surface area contributed by atoms with Gasteiger partial charge in [-0.25, -0.2) is 0 Å². The Balaban J connectivity index is 2.14. The van der Waals surface area contributed by atoms with E-state index in [1.54, 1.807) is 11.9 Å². The SMILES string of the molecule is CCn1c(S[C@@H](C)C(=O)N(C)CCC#N)nnc1-c1ccccc1. The van der Waals surface area contributed by atoms with Crippen LogP contribution in [0.2, 0.25) is 0 Å². The number of aromatic nitrogens is 3. The maximum atomic E-state index is 12.4. The summed E-state index contributed by atoms with van der Waals surface area (Å²) in [7, 11) is 1.72. The van der Waals surface area contributed by atoms with Gasteiger partial charge in [-0.3, -0.25) is 4.79 Å². The number of carbonyl (C=O) groups is 1. The normalized spacial score (nSPS) is 11.8. The Bertz CT molecular complexity index is 722. The first-order chi connectivity index (χ1) is 11.6. The summed E-state index contributed by atoms with van der Waals surface area (Å²) in [5.41, 5.74) is 1.00. The van der Waals surface area contributed by atoms with E-state index >= 15 is 0 Å². The van der Waals surface area contributed by atoms with E-state index in [9.17, 15) is 4.79 Å². The smallest absolute Gasteiger partial charge is 0.235 e. The van der Waals surface area contributed by atoms with Gasteiger partial charge in [-0.15, -0.1) is 10.2 Å². The number of hydrogen-bond acceptors (Lipinski definition) is 5. The Morgan fingerprint density at radius 2 is 2.08 bits per heavy atom. The number of nitrogens with zero attached hydrogens (tertiary/aromatic N) is 5. The lowest BCUT2D eigenvalue weighted by Crippen LogP contribution is -2.34. The average molecular weight is 343 g/mol. The van der Waals surface area contributed by atoms with E-state index in [0.29, 0.717) is 13.0 Å². The van der Waals surface area contributed by atoms with Crippen molar-refractivity contribution >= 4 is 17.7 Å². The molecule has 2 rings (SSSR count). The van der Waals surface area contributed by atoms with E-state index in [1.165, 1.54) is 11.8 Å². The monoisotopic (exact) mass is 343 g/mol. The predicted molar refractivity (Wildman–Crippen MR) is 94.3 cm³/mol. The summed E-state index contributed by atoms with van der Waals surface area (Å²) in [5.74, 6) is 0.792. The second-order valence-corrected chi connectivity index (χ2v) is 6.65. The lowest BCUT2D eigenvalue weighted by molar-refractivity contribution is -0.128.